The van der Waals surface area contributed by atoms with Crippen LogP contribution >= 0.6 is 0 Å². The molecular formula is C40H41Zr. The molecule has 2 aliphatic carbocycles. The second-order valence-electron chi connectivity index (χ2n) is 12.5. The predicted molar refractivity (Wildman–Crippen MR) is 174 cm³/mol. The molecule has 0 N–H and O–H groups in total. The van der Waals surface area contributed by atoms with E-state index in [0.29, 0.717) is 21.4 Å². The first-order chi connectivity index (χ1) is 19.9. The van der Waals surface area contributed by atoms with Crippen LogP contribution in [0.4, 0.5) is 0 Å². The number of hydrogen-bond donors (Lipinski definition) is 0. The van der Waals surface area contributed by atoms with E-state index in [1.54, 1.807) is 42.2 Å². The number of fused-ring (bicyclic) bond motifs is 3. The van der Waals surface area contributed by atoms with Gasteiger partial charge in [0.2, 0.25) is 0 Å². The molecule has 0 bridgehead atoms. The van der Waals surface area contributed by atoms with Gasteiger partial charge in [0.15, 0.2) is 0 Å². The zero-order valence-corrected chi connectivity index (χ0v) is 27.8. The van der Waals surface area contributed by atoms with E-state index < -0.39 is 22.8 Å². The molecule has 0 amide bonds. The van der Waals surface area contributed by atoms with Crippen LogP contribution in [0.1, 0.15) is 114 Å². The van der Waals surface area contributed by atoms with Gasteiger partial charge in [-0.15, -0.1) is 0 Å². The molecule has 1 unspecified atom stereocenters. The van der Waals surface area contributed by atoms with Crippen molar-refractivity contribution in [1.82, 2.24) is 0 Å². The van der Waals surface area contributed by atoms with Crippen LogP contribution in [0.3, 0.4) is 0 Å². The molecule has 0 fully saturated rings. The van der Waals surface area contributed by atoms with Gasteiger partial charge in [0, 0.05) is 0 Å². The average Bonchev–Trinajstić information content (AvgIpc) is 3.62. The molecular weight excluding hydrogens is 572 g/mol. The van der Waals surface area contributed by atoms with E-state index in [1.165, 1.54) is 22.3 Å². The third kappa shape index (κ3) is 5.06. The molecule has 0 aromatic heterocycles. The standard InChI is InChI=1S/C27H31.C13H10.Zr/c1-16(2)23-24(17(3)4)26(19-11-7-8-12-19)22-15-20-13-9-10-14-21(20)27(22)25(23)18(5)6;1-3-7-12(8-4-1)11-13-9-5-2-6-10-13;/h7-11,13-18H,12H2,1-6H3;1-10H;. The van der Waals surface area contributed by atoms with Crippen molar-refractivity contribution in [3.8, 4) is 11.1 Å². The first kappa shape index (κ1) is 28.2. The minimum absolute atomic E-state index is 0.465. The van der Waals surface area contributed by atoms with Crippen molar-refractivity contribution in [1.29, 1.82) is 0 Å². The number of benzene rings is 4. The fraction of sp³-hybridized carbons (Fsp3) is 0.275. The van der Waals surface area contributed by atoms with Crippen LogP contribution in [0, 0.1) is 0 Å². The summed E-state index contributed by atoms with van der Waals surface area (Å²) in [6, 6.07) is 31.9. The van der Waals surface area contributed by atoms with Crippen LogP contribution in [0.5, 0.6) is 0 Å². The Balaban J connectivity index is 1.77. The summed E-state index contributed by atoms with van der Waals surface area (Å²) >= 11 is -1.20. The summed E-state index contributed by atoms with van der Waals surface area (Å²) in [6.45, 7) is 14.5. The molecule has 205 valence electrons. The topological polar surface area (TPSA) is 0 Å². The molecule has 0 aliphatic heterocycles. The van der Waals surface area contributed by atoms with E-state index in [9.17, 15) is 0 Å². The first-order valence-corrected chi connectivity index (χ1v) is 18.0. The Kier molecular flexibility index (Phi) is 8.11. The molecule has 6 rings (SSSR count). The Morgan fingerprint density at radius 1 is 0.634 bits per heavy atom. The molecule has 4 aromatic rings. The van der Waals surface area contributed by atoms with Crippen molar-refractivity contribution in [3.63, 3.8) is 0 Å². The molecule has 0 heterocycles. The van der Waals surface area contributed by atoms with Crippen LogP contribution < -0.4 is 0 Å². The molecule has 41 heavy (non-hydrogen) atoms. The maximum absolute atomic E-state index is 2.45. The predicted octanol–water partition coefficient (Wildman–Crippen LogP) is 10.8. The van der Waals surface area contributed by atoms with Crippen molar-refractivity contribution in [2.45, 2.75) is 69.3 Å². The zero-order chi connectivity index (χ0) is 28.7. The Bertz CT molecular complexity index is 1620. The molecule has 0 saturated carbocycles. The molecule has 1 heteroatoms. The van der Waals surface area contributed by atoms with E-state index in [-0.39, 0.29) is 0 Å². The van der Waals surface area contributed by atoms with Gasteiger partial charge in [0.05, 0.1) is 0 Å². The van der Waals surface area contributed by atoms with Crippen LogP contribution in [0.2, 0.25) is 0 Å². The van der Waals surface area contributed by atoms with E-state index in [2.05, 4.69) is 145 Å². The van der Waals surface area contributed by atoms with E-state index in [0.717, 1.165) is 6.42 Å². The monoisotopic (exact) mass is 611 g/mol. The fourth-order valence-electron chi connectivity index (χ4n) is 7.18. The average molecular weight is 613 g/mol. The second kappa shape index (κ2) is 11.8. The van der Waals surface area contributed by atoms with Crippen LogP contribution in [0.25, 0.3) is 16.7 Å². The Labute approximate surface area is 258 Å². The molecule has 1 atom stereocenters. The zero-order valence-electron chi connectivity index (χ0n) is 25.3. The van der Waals surface area contributed by atoms with Crippen molar-refractivity contribution < 1.29 is 22.8 Å². The second-order valence-corrected chi connectivity index (χ2v) is 15.8. The minimum atomic E-state index is -1.20. The molecule has 4 aromatic carbocycles. The summed E-state index contributed by atoms with van der Waals surface area (Å²) in [5.74, 6) is 1.41. The van der Waals surface area contributed by atoms with Gasteiger partial charge in [-0.2, -0.15) is 0 Å². The Morgan fingerprint density at radius 2 is 1.17 bits per heavy atom. The van der Waals surface area contributed by atoms with Gasteiger partial charge >= 0.3 is 260 Å². The van der Waals surface area contributed by atoms with Crippen molar-refractivity contribution in [3.05, 3.63) is 148 Å². The Morgan fingerprint density at radius 3 is 1.71 bits per heavy atom. The van der Waals surface area contributed by atoms with Crippen molar-refractivity contribution in [2.75, 3.05) is 0 Å². The third-order valence-electron chi connectivity index (χ3n) is 8.73. The van der Waals surface area contributed by atoms with Gasteiger partial charge in [-0.3, -0.25) is 0 Å². The molecule has 0 saturated heterocycles. The van der Waals surface area contributed by atoms with Crippen molar-refractivity contribution in [2.24, 2.45) is 0 Å². The summed E-state index contributed by atoms with van der Waals surface area (Å²) in [7, 11) is 0. The molecule has 0 spiro atoms. The van der Waals surface area contributed by atoms with E-state index >= 15 is 0 Å². The third-order valence-corrected chi connectivity index (χ3v) is 13.0. The van der Waals surface area contributed by atoms with E-state index in [4.69, 9.17) is 0 Å². The summed E-state index contributed by atoms with van der Waals surface area (Å²) in [5, 5.41) is 0. The normalized spacial score (nSPS) is 15.3. The van der Waals surface area contributed by atoms with Gasteiger partial charge < -0.3 is 0 Å². The SMILES string of the molecule is CC(C)c1c(C2=CC=CC2)c2c(c(C(C)C)c1C(C)C)-c1ccccc1[CH]2[Zr]=[C](c1ccccc1)c1ccccc1. The van der Waals surface area contributed by atoms with E-state index in [1.807, 2.05) is 0 Å². The van der Waals surface area contributed by atoms with Gasteiger partial charge in [-0.1, -0.05) is 0 Å². The van der Waals surface area contributed by atoms with Crippen LogP contribution in [-0.4, -0.2) is 3.21 Å². The van der Waals surface area contributed by atoms with Gasteiger partial charge in [-0.25, -0.2) is 0 Å². The maximum atomic E-state index is 2.45. The van der Waals surface area contributed by atoms with Gasteiger partial charge in [0.25, 0.3) is 0 Å². The fourth-order valence-corrected chi connectivity index (χ4v) is 11.6. The quantitative estimate of drug-likeness (QED) is 0.195. The van der Waals surface area contributed by atoms with Gasteiger partial charge in [-0.05, 0) is 0 Å². The van der Waals surface area contributed by atoms with Crippen LogP contribution in [-0.2, 0) is 22.8 Å². The first-order valence-electron chi connectivity index (χ1n) is 15.3. The number of hydrogen-bond acceptors (Lipinski definition) is 0. The summed E-state index contributed by atoms with van der Waals surface area (Å²) in [6.07, 6.45) is 8.07. The number of rotatable bonds is 7. The number of allylic oxidation sites excluding steroid dienone is 4. The molecule has 2 aliphatic rings. The van der Waals surface area contributed by atoms with Crippen LogP contribution in [0.15, 0.2) is 103 Å². The van der Waals surface area contributed by atoms with Crippen molar-refractivity contribution >= 4 is 8.78 Å². The molecule has 0 nitrogen and oxygen atoms in total. The summed E-state index contributed by atoms with van der Waals surface area (Å²) < 4.78 is 2.06. The Hall–Kier alpha value is -2.89. The van der Waals surface area contributed by atoms with Gasteiger partial charge in [0.1, 0.15) is 0 Å². The summed E-state index contributed by atoms with van der Waals surface area (Å²) in [4.78, 5) is 0. The molecule has 0 radical (unpaired) electrons. The summed E-state index contributed by atoms with van der Waals surface area (Å²) in [5.41, 5.74) is 17.0.